The predicted molar refractivity (Wildman–Crippen MR) is 132 cm³/mol. The maximum absolute atomic E-state index is 12.3. The Morgan fingerprint density at radius 1 is 1.27 bits per heavy atom. The van der Waals surface area contributed by atoms with Crippen LogP contribution in [0.1, 0.15) is 75.4 Å². The summed E-state index contributed by atoms with van der Waals surface area (Å²) in [5.74, 6) is 6.07. The Morgan fingerprint density at radius 2 is 1.83 bits per heavy atom. The highest BCUT2D eigenvalue weighted by molar-refractivity contribution is 7.15. The molecule has 1 amide bonds. The van der Waals surface area contributed by atoms with Crippen LogP contribution in [0.5, 0.6) is 0 Å². The number of esters is 1. The molecule has 1 aliphatic heterocycles. The van der Waals surface area contributed by atoms with Crippen molar-refractivity contribution in [3.05, 3.63) is 15.8 Å². The molecule has 1 aliphatic rings. The van der Waals surface area contributed by atoms with Crippen molar-refractivity contribution < 1.29 is 14.3 Å². The molecule has 2 atom stereocenters. The normalized spacial score (nSPS) is 13.6. The van der Waals surface area contributed by atoms with Gasteiger partial charge in [0, 0.05) is 31.0 Å². The monoisotopic (exact) mass is 454 g/mol. The zero-order chi connectivity index (χ0) is 23.3. The summed E-state index contributed by atoms with van der Waals surface area (Å²) >= 11 is 1.31. The summed E-state index contributed by atoms with van der Waals surface area (Å²) in [6.45, 7) is 15.7. The molecular formula is C23H39N2O3PS. The minimum absolute atomic E-state index is 0.0791. The summed E-state index contributed by atoms with van der Waals surface area (Å²) in [4.78, 5) is 27.6. The highest BCUT2D eigenvalue weighted by Crippen LogP contribution is 2.29. The minimum atomic E-state index is -0.389. The Hall–Kier alpha value is -1.57. The van der Waals surface area contributed by atoms with E-state index in [4.69, 9.17) is 4.74 Å². The van der Waals surface area contributed by atoms with Crippen molar-refractivity contribution in [1.82, 2.24) is 4.90 Å². The molecule has 5 nitrogen and oxygen atoms in total. The number of nitrogens with one attached hydrogen (secondary N) is 1. The third-order valence-electron chi connectivity index (χ3n) is 4.01. The van der Waals surface area contributed by atoms with E-state index in [1.165, 1.54) is 18.4 Å². The van der Waals surface area contributed by atoms with E-state index in [1.807, 2.05) is 59.2 Å². The fourth-order valence-corrected chi connectivity index (χ4v) is 3.62. The molecule has 30 heavy (non-hydrogen) atoms. The van der Waals surface area contributed by atoms with Gasteiger partial charge in [-0.15, -0.1) is 20.6 Å². The smallest absolute Gasteiger partial charge is 0.350 e. The maximum atomic E-state index is 12.3. The second-order valence-electron chi connectivity index (χ2n) is 7.68. The molecule has 0 saturated carbocycles. The second kappa shape index (κ2) is 14.4. The predicted octanol–water partition coefficient (Wildman–Crippen LogP) is 5.26. The first kappa shape index (κ1) is 28.4. The Kier molecular flexibility index (Phi) is 13.7. The molecule has 2 heterocycles. The first-order valence-corrected chi connectivity index (χ1v) is 12.5. The van der Waals surface area contributed by atoms with Crippen LogP contribution in [0.25, 0.3) is 0 Å². The van der Waals surface area contributed by atoms with Crippen molar-refractivity contribution >= 4 is 38.1 Å². The average Bonchev–Trinajstić information content (AvgIpc) is 3.38. The number of anilines is 1. The molecule has 0 aromatic carbocycles. The van der Waals surface area contributed by atoms with Crippen LogP contribution in [0.15, 0.2) is 6.07 Å². The number of thiophene rings is 1. The SMILES string of the molecule is CC.COC(=O)c1sc(C#CC(C)(C)C)cc1NC(C)CC(=O)N1CCCC1.CP. The third-order valence-corrected chi connectivity index (χ3v) is 5.04. The fraction of sp³-hybridized carbons (Fsp3) is 0.652. The Labute approximate surface area is 189 Å². The summed E-state index contributed by atoms with van der Waals surface area (Å²) in [7, 11) is 3.78. The van der Waals surface area contributed by atoms with E-state index in [9.17, 15) is 9.59 Å². The molecule has 0 radical (unpaired) electrons. The minimum Gasteiger partial charge on any atom is -0.465 e. The molecule has 1 saturated heterocycles. The lowest BCUT2D eigenvalue weighted by atomic mass is 9.98. The molecule has 0 aliphatic carbocycles. The lowest BCUT2D eigenvalue weighted by Gasteiger charge is -2.19. The zero-order valence-corrected chi connectivity index (χ0v) is 21.8. The van der Waals surface area contributed by atoms with E-state index in [2.05, 4.69) is 26.4 Å². The van der Waals surface area contributed by atoms with Gasteiger partial charge in [0.1, 0.15) is 4.88 Å². The Bertz CT molecular complexity index is 723. The zero-order valence-electron chi connectivity index (χ0n) is 19.8. The number of carbonyl (C=O) groups is 2. The number of hydrogen-bond donors (Lipinski definition) is 1. The Morgan fingerprint density at radius 3 is 2.33 bits per heavy atom. The van der Waals surface area contributed by atoms with Crippen molar-refractivity contribution in [2.45, 2.75) is 66.8 Å². The van der Waals surface area contributed by atoms with Crippen LogP contribution in [-0.4, -0.2) is 49.7 Å². The average molecular weight is 455 g/mol. The van der Waals surface area contributed by atoms with Gasteiger partial charge >= 0.3 is 5.97 Å². The lowest BCUT2D eigenvalue weighted by molar-refractivity contribution is -0.130. The van der Waals surface area contributed by atoms with Crippen molar-refractivity contribution in [1.29, 1.82) is 0 Å². The molecule has 2 unspecified atom stereocenters. The van der Waals surface area contributed by atoms with Crippen LogP contribution in [0.4, 0.5) is 5.69 Å². The molecule has 1 fully saturated rings. The Balaban J connectivity index is 0.00000198. The van der Waals surface area contributed by atoms with Crippen LogP contribution in [-0.2, 0) is 9.53 Å². The van der Waals surface area contributed by atoms with Crippen LogP contribution in [0.2, 0.25) is 0 Å². The quantitative estimate of drug-likeness (QED) is 0.374. The van der Waals surface area contributed by atoms with E-state index >= 15 is 0 Å². The van der Waals surface area contributed by atoms with Gasteiger partial charge in [-0.2, -0.15) is 0 Å². The van der Waals surface area contributed by atoms with Gasteiger partial charge in [0.15, 0.2) is 0 Å². The number of amides is 1. The number of methoxy groups -OCH3 is 1. The van der Waals surface area contributed by atoms with Crippen molar-refractivity contribution in [2.75, 3.05) is 32.2 Å². The summed E-state index contributed by atoms with van der Waals surface area (Å²) in [5, 5.41) is 3.29. The van der Waals surface area contributed by atoms with Gasteiger partial charge in [0.25, 0.3) is 0 Å². The largest absolute Gasteiger partial charge is 0.465 e. The van der Waals surface area contributed by atoms with E-state index in [-0.39, 0.29) is 23.3 Å². The first-order valence-electron chi connectivity index (χ1n) is 10.6. The second-order valence-corrected chi connectivity index (χ2v) is 8.73. The summed E-state index contributed by atoms with van der Waals surface area (Å²) in [6, 6.07) is 1.79. The molecule has 170 valence electrons. The maximum Gasteiger partial charge on any atom is 0.350 e. The molecule has 2 rings (SSSR count). The lowest BCUT2D eigenvalue weighted by Crippen LogP contribution is -2.32. The van der Waals surface area contributed by atoms with Gasteiger partial charge in [0.05, 0.1) is 17.7 Å². The highest BCUT2D eigenvalue weighted by atomic mass is 32.1. The molecule has 1 N–H and O–H groups in total. The molecule has 0 spiro atoms. The molecular weight excluding hydrogens is 415 g/mol. The summed E-state index contributed by atoms with van der Waals surface area (Å²) in [6.07, 6.45) is 2.57. The number of carbonyl (C=O) groups excluding carboxylic acids is 2. The van der Waals surface area contributed by atoms with Crippen molar-refractivity contribution in [2.24, 2.45) is 5.41 Å². The number of likely N-dealkylation sites (tertiary alicyclic amines) is 1. The van der Waals surface area contributed by atoms with Crippen LogP contribution < -0.4 is 5.32 Å². The van der Waals surface area contributed by atoms with E-state index in [0.717, 1.165) is 30.8 Å². The number of rotatable bonds is 5. The standard InChI is InChI=1S/C20H28N2O3S.C2H6.CH5P/c1-14(12-17(23)22-10-6-7-11-22)21-16-13-15(8-9-20(2,3)4)26-18(16)19(24)25-5;2*1-2/h13-14,21H,6-7,10-12H2,1-5H3;1-2H3;2H2,1H3. The first-order chi connectivity index (χ1) is 14.2. The van der Waals surface area contributed by atoms with Crippen LogP contribution >= 0.6 is 20.6 Å². The summed E-state index contributed by atoms with van der Waals surface area (Å²) in [5.41, 5.74) is 0.570. The molecule has 1 aromatic rings. The topological polar surface area (TPSA) is 58.6 Å². The van der Waals surface area contributed by atoms with Crippen LogP contribution in [0, 0.1) is 17.3 Å². The highest BCUT2D eigenvalue weighted by Gasteiger charge is 2.22. The van der Waals surface area contributed by atoms with Gasteiger partial charge in [-0.3, -0.25) is 4.79 Å². The van der Waals surface area contributed by atoms with Crippen molar-refractivity contribution in [3.8, 4) is 11.8 Å². The van der Waals surface area contributed by atoms with Crippen molar-refractivity contribution in [3.63, 3.8) is 0 Å². The third kappa shape index (κ3) is 9.96. The van der Waals surface area contributed by atoms with Gasteiger partial charge in [-0.05, 0) is 46.6 Å². The summed E-state index contributed by atoms with van der Waals surface area (Å²) < 4.78 is 4.89. The van der Waals surface area contributed by atoms with Gasteiger partial charge in [-0.25, -0.2) is 4.79 Å². The van der Waals surface area contributed by atoms with Crippen LogP contribution in [0.3, 0.4) is 0 Å². The van der Waals surface area contributed by atoms with Gasteiger partial charge < -0.3 is 15.0 Å². The molecule has 7 heteroatoms. The van der Waals surface area contributed by atoms with E-state index in [0.29, 0.717) is 17.0 Å². The fourth-order valence-electron chi connectivity index (χ4n) is 2.73. The number of nitrogens with zero attached hydrogens (tertiary/aromatic N) is 1. The van der Waals surface area contributed by atoms with E-state index in [1.54, 1.807) is 0 Å². The molecule has 1 aromatic heterocycles. The van der Waals surface area contributed by atoms with E-state index < -0.39 is 0 Å². The number of hydrogen-bond acceptors (Lipinski definition) is 5. The number of ether oxygens (including phenoxy) is 1. The van der Waals surface area contributed by atoms with Gasteiger partial charge in [0.2, 0.25) is 5.91 Å². The van der Waals surface area contributed by atoms with Gasteiger partial charge in [-0.1, -0.05) is 32.4 Å². The molecule has 0 bridgehead atoms.